The van der Waals surface area contributed by atoms with E-state index in [1.165, 1.54) is 42.5 Å². The first-order chi connectivity index (χ1) is 10.8. The average molecular weight is 370 g/mol. The molecule has 3 amide bonds. The number of rotatable bonds is 2. The number of fused-ring (bicyclic) bond motifs is 1. The third-order valence-electron chi connectivity index (χ3n) is 3.12. The second-order valence-corrected chi connectivity index (χ2v) is 7.24. The second-order valence-electron chi connectivity index (χ2n) is 4.58. The highest BCUT2D eigenvalue weighted by Crippen LogP contribution is 2.30. The fourth-order valence-corrected chi connectivity index (χ4v) is 3.59. The zero-order chi connectivity index (χ0) is 16.8. The van der Waals surface area contributed by atoms with Gasteiger partial charge in [-0.05, 0) is 42.5 Å². The molecule has 0 atom stereocenters. The molecule has 0 N–H and O–H groups in total. The lowest BCUT2D eigenvalue weighted by molar-refractivity contribution is 0.0879. The number of benzene rings is 2. The molecular weight excluding hydrogens is 363 g/mol. The maximum atomic E-state index is 12.6. The van der Waals surface area contributed by atoms with Crippen LogP contribution in [0.15, 0.2) is 47.4 Å². The Balaban J connectivity index is 2.09. The fourth-order valence-electron chi connectivity index (χ4n) is 2.05. The van der Waals surface area contributed by atoms with Crippen LogP contribution in [0.25, 0.3) is 0 Å². The molecule has 0 unspecified atom stereocenters. The van der Waals surface area contributed by atoms with Crippen LogP contribution in [0.5, 0.6) is 0 Å². The van der Waals surface area contributed by atoms with E-state index in [1.807, 2.05) is 0 Å². The van der Waals surface area contributed by atoms with E-state index in [1.54, 1.807) is 0 Å². The van der Waals surface area contributed by atoms with E-state index in [9.17, 15) is 18.0 Å². The van der Waals surface area contributed by atoms with Gasteiger partial charge in [-0.3, -0.25) is 4.79 Å². The van der Waals surface area contributed by atoms with Crippen LogP contribution in [-0.4, -0.2) is 24.7 Å². The summed E-state index contributed by atoms with van der Waals surface area (Å²) in [6.45, 7) is 0. The molecule has 117 valence electrons. The standard InChI is InChI=1S/C14H7Cl2N2O4S/c15-8-1-4-10(5-2-8)23(21,22)18-13(19)11-6-3-9(16)7-12(11)17-14(18)20/h1-7H. The van der Waals surface area contributed by atoms with Gasteiger partial charge in [0.2, 0.25) is 0 Å². The van der Waals surface area contributed by atoms with Crippen LogP contribution in [-0.2, 0) is 10.0 Å². The molecular formula is C14H7Cl2N2O4S. The Labute approximate surface area is 141 Å². The predicted molar refractivity (Wildman–Crippen MR) is 83.4 cm³/mol. The number of urea groups is 1. The molecule has 0 spiro atoms. The van der Waals surface area contributed by atoms with E-state index in [0.29, 0.717) is 5.02 Å². The lowest BCUT2D eigenvalue weighted by Crippen LogP contribution is -2.47. The molecule has 6 nitrogen and oxygen atoms in total. The minimum absolute atomic E-state index is 0.0217. The molecule has 23 heavy (non-hydrogen) atoms. The van der Waals surface area contributed by atoms with Gasteiger partial charge in [-0.1, -0.05) is 23.2 Å². The number of hydrogen-bond donors (Lipinski definition) is 0. The highest BCUT2D eigenvalue weighted by Gasteiger charge is 2.41. The monoisotopic (exact) mass is 369 g/mol. The normalized spacial score (nSPS) is 14.4. The number of amides is 3. The number of imide groups is 1. The summed E-state index contributed by atoms with van der Waals surface area (Å²) in [6.07, 6.45) is 0. The minimum Gasteiger partial charge on any atom is -0.267 e. The second kappa shape index (κ2) is 5.52. The Morgan fingerprint density at radius 2 is 1.52 bits per heavy atom. The molecule has 1 heterocycles. The van der Waals surface area contributed by atoms with Gasteiger partial charge in [0, 0.05) is 10.0 Å². The van der Waals surface area contributed by atoms with E-state index in [4.69, 9.17) is 23.2 Å². The van der Waals surface area contributed by atoms with Gasteiger partial charge in [-0.2, -0.15) is 5.32 Å². The SMILES string of the molecule is O=C1[N]c2cc(Cl)ccc2C(=O)N1S(=O)(=O)c1ccc(Cl)cc1. The van der Waals surface area contributed by atoms with Crippen molar-refractivity contribution in [3.8, 4) is 0 Å². The largest absolute Gasteiger partial charge is 0.365 e. The molecule has 0 aliphatic carbocycles. The van der Waals surface area contributed by atoms with Crippen LogP contribution in [0, 0.1) is 0 Å². The van der Waals surface area contributed by atoms with Crippen molar-refractivity contribution in [1.82, 2.24) is 9.62 Å². The molecule has 9 heteroatoms. The summed E-state index contributed by atoms with van der Waals surface area (Å²) in [7, 11) is -4.38. The van der Waals surface area contributed by atoms with Crippen LogP contribution in [0.1, 0.15) is 10.4 Å². The maximum Gasteiger partial charge on any atom is 0.365 e. The average Bonchev–Trinajstić information content (AvgIpc) is 2.46. The van der Waals surface area contributed by atoms with E-state index in [0.717, 1.165) is 0 Å². The molecule has 2 aromatic rings. The molecule has 1 aliphatic rings. The fraction of sp³-hybridized carbons (Fsp3) is 0. The van der Waals surface area contributed by atoms with Crippen molar-refractivity contribution in [1.29, 1.82) is 0 Å². The van der Waals surface area contributed by atoms with Gasteiger partial charge in [-0.15, -0.1) is 4.31 Å². The lowest BCUT2D eigenvalue weighted by atomic mass is 10.1. The number of nitrogens with zero attached hydrogens (tertiary/aromatic N) is 2. The van der Waals surface area contributed by atoms with Crippen molar-refractivity contribution in [2.24, 2.45) is 0 Å². The van der Waals surface area contributed by atoms with Crippen molar-refractivity contribution in [2.75, 3.05) is 0 Å². The van der Waals surface area contributed by atoms with Crippen molar-refractivity contribution in [2.45, 2.75) is 4.90 Å². The molecule has 0 bridgehead atoms. The third-order valence-corrected chi connectivity index (χ3v) is 5.27. The summed E-state index contributed by atoms with van der Waals surface area (Å²) in [4.78, 5) is 24.2. The van der Waals surface area contributed by atoms with Crippen LogP contribution in [0.4, 0.5) is 10.5 Å². The zero-order valence-corrected chi connectivity index (χ0v) is 13.6. The van der Waals surface area contributed by atoms with Gasteiger partial charge >= 0.3 is 6.03 Å². The number of sulfonamides is 1. The summed E-state index contributed by atoms with van der Waals surface area (Å²) in [5.41, 5.74) is 0.0154. The van der Waals surface area contributed by atoms with Gasteiger partial charge in [-0.25, -0.2) is 13.2 Å². The topological polar surface area (TPSA) is 85.6 Å². The van der Waals surface area contributed by atoms with Crippen LogP contribution in [0.2, 0.25) is 10.0 Å². The number of carbonyl (C=O) groups excluding carboxylic acids is 2. The first-order valence-electron chi connectivity index (χ1n) is 6.21. The smallest absolute Gasteiger partial charge is 0.267 e. The zero-order valence-electron chi connectivity index (χ0n) is 11.2. The lowest BCUT2D eigenvalue weighted by Gasteiger charge is -2.25. The van der Waals surface area contributed by atoms with Crippen molar-refractivity contribution < 1.29 is 18.0 Å². The predicted octanol–water partition coefficient (Wildman–Crippen LogP) is 3.19. The summed E-state index contributed by atoms with van der Waals surface area (Å²) in [6, 6.07) is 7.96. The number of halogens is 2. The van der Waals surface area contributed by atoms with Gasteiger partial charge in [0.25, 0.3) is 15.9 Å². The number of hydrogen-bond acceptors (Lipinski definition) is 4. The molecule has 0 fully saturated rings. The molecule has 3 rings (SSSR count). The third kappa shape index (κ3) is 2.67. The Hall–Kier alpha value is -2.09. The Kier molecular flexibility index (Phi) is 3.79. The molecule has 0 aromatic heterocycles. The summed E-state index contributed by atoms with van der Waals surface area (Å²) < 4.78 is 25.2. The van der Waals surface area contributed by atoms with Gasteiger partial charge in [0.15, 0.2) is 0 Å². The first-order valence-corrected chi connectivity index (χ1v) is 8.41. The van der Waals surface area contributed by atoms with Crippen molar-refractivity contribution in [3.05, 3.63) is 58.1 Å². The molecule has 1 radical (unpaired) electrons. The highest BCUT2D eigenvalue weighted by atomic mass is 35.5. The van der Waals surface area contributed by atoms with Gasteiger partial charge in [0.1, 0.15) is 0 Å². The van der Waals surface area contributed by atoms with Crippen LogP contribution >= 0.6 is 23.2 Å². The van der Waals surface area contributed by atoms with E-state index in [2.05, 4.69) is 5.32 Å². The first kappa shape index (κ1) is 15.8. The summed E-state index contributed by atoms with van der Waals surface area (Å²) >= 11 is 11.5. The van der Waals surface area contributed by atoms with Crippen molar-refractivity contribution >= 4 is 50.9 Å². The van der Waals surface area contributed by atoms with Gasteiger partial charge < -0.3 is 0 Å². The van der Waals surface area contributed by atoms with Gasteiger partial charge in [0.05, 0.1) is 16.1 Å². The Morgan fingerprint density at radius 1 is 0.913 bits per heavy atom. The van der Waals surface area contributed by atoms with E-state index in [-0.39, 0.29) is 25.5 Å². The molecule has 2 aromatic carbocycles. The van der Waals surface area contributed by atoms with Crippen LogP contribution in [0.3, 0.4) is 0 Å². The Morgan fingerprint density at radius 3 is 2.17 bits per heavy atom. The quantitative estimate of drug-likeness (QED) is 0.813. The van der Waals surface area contributed by atoms with Crippen LogP contribution < -0.4 is 5.32 Å². The van der Waals surface area contributed by atoms with E-state index >= 15 is 0 Å². The number of carbonyl (C=O) groups is 2. The van der Waals surface area contributed by atoms with E-state index < -0.39 is 22.0 Å². The summed E-state index contributed by atoms with van der Waals surface area (Å²) in [5, 5.41) is 4.23. The molecule has 1 aliphatic heterocycles. The molecule has 0 saturated heterocycles. The van der Waals surface area contributed by atoms with Crippen molar-refractivity contribution in [3.63, 3.8) is 0 Å². The summed E-state index contributed by atoms with van der Waals surface area (Å²) in [5.74, 6) is -0.980. The highest BCUT2D eigenvalue weighted by molar-refractivity contribution is 7.90. The Bertz CT molecular complexity index is 926. The molecule has 0 saturated carbocycles. The minimum atomic E-state index is -4.38. The maximum absolute atomic E-state index is 12.6.